The van der Waals surface area contributed by atoms with Gasteiger partial charge >= 0.3 is 0 Å². The molecule has 0 fully saturated rings. The topological polar surface area (TPSA) is 115 Å². The summed E-state index contributed by atoms with van der Waals surface area (Å²) in [5, 5.41) is 7.83. The normalized spacial score (nSPS) is 13.9. The first-order valence-corrected chi connectivity index (χ1v) is 8.09. The van der Waals surface area contributed by atoms with Crippen molar-refractivity contribution >= 4 is 21.6 Å². The number of nitrogens with two attached hydrogens (primary N) is 2. The zero-order chi connectivity index (χ0) is 16.6. The van der Waals surface area contributed by atoms with Crippen LogP contribution in [0.3, 0.4) is 0 Å². The Morgan fingerprint density at radius 1 is 1.24 bits per heavy atom. The Labute approximate surface area is 126 Å². The summed E-state index contributed by atoms with van der Waals surface area (Å²) in [6.07, 6.45) is 0. The molecule has 0 heterocycles. The van der Waals surface area contributed by atoms with Gasteiger partial charge in [0.05, 0.1) is 10.9 Å². The number of aryl methyl sites for hydroxylation is 1. The molecule has 0 aromatic heterocycles. The van der Waals surface area contributed by atoms with Gasteiger partial charge in [0.25, 0.3) is 0 Å². The van der Waals surface area contributed by atoms with Gasteiger partial charge in [-0.05, 0) is 42.5 Å². The fourth-order valence-corrected chi connectivity index (χ4v) is 2.35. The summed E-state index contributed by atoms with van der Waals surface area (Å²) in [7, 11) is -3.83. The number of primary sulfonamides is 1. The van der Waals surface area contributed by atoms with Crippen molar-refractivity contribution < 1.29 is 13.2 Å². The highest BCUT2D eigenvalue weighted by Crippen LogP contribution is 2.25. The monoisotopic (exact) mass is 313 g/mol. The van der Waals surface area contributed by atoms with Crippen molar-refractivity contribution in [2.45, 2.75) is 45.6 Å². The van der Waals surface area contributed by atoms with Crippen LogP contribution in [-0.4, -0.2) is 20.4 Å². The maximum atomic E-state index is 12.2. The molecule has 0 bridgehead atoms. The maximum Gasteiger partial charge on any atom is 0.241 e. The highest BCUT2D eigenvalue weighted by molar-refractivity contribution is 7.89. The van der Waals surface area contributed by atoms with E-state index in [9.17, 15) is 13.2 Å². The Hall–Kier alpha value is -1.44. The predicted molar refractivity (Wildman–Crippen MR) is 83.3 cm³/mol. The molecule has 5 N–H and O–H groups in total. The standard InChI is InChI=1S/C14H23N3O3S/c1-8-6-10(21(16,19)20)7-11(9(8)2)17-13(18)12(15)14(3,4)5/h6-7,12H,15H2,1-5H3,(H,17,18)(H2,16,19,20)/t12-/m1/s1. The van der Waals surface area contributed by atoms with Gasteiger partial charge in [0.1, 0.15) is 0 Å². The number of hydrogen-bond acceptors (Lipinski definition) is 4. The Kier molecular flexibility index (Phi) is 4.82. The van der Waals surface area contributed by atoms with E-state index in [2.05, 4.69) is 5.32 Å². The number of benzene rings is 1. The third kappa shape index (κ3) is 4.26. The van der Waals surface area contributed by atoms with E-state index in [4.69, 9.17) is 10.9 Å². The lowest BCUT2D eigenvalue weighted by Gasteiger charge is -2.26. The molecule has 1 aromatic rings. The van der Waals surface area contributed by atoms with Crippen LogP contribution in [0.5, 0.6) is 0 Å². The molecule has 7 heteroatoms. The number of hydrogen-bond donors (Lipinski definition) is 3. The molecule has 0 aliphatic rings. The second kappa shape index (κ2) is 5.75. The van der Waals surface area contributed by atoms with E-state index in [0.717, 1.165) is 11.1 Å². The third-order valence-corrected chi connectivity index (χ3v) is 4.34. The average molecular weight is 313 g/mol. The highest BCUT2D eigenvalue weighted by Gasteiger charge is 2.28. The van der Waals surface area contributed by atoms with Crippen LogP contribution in [0.15, 0.2) is 17.0 Å². The molecule has 0 saturated heterocycles. The maximum absolute atomic E-state index is 12.2. The second-order valence-electron chi connectivity index (χ2n) is 6.29. The van der Waals surface area contributed by atoms with E-state index < -0.39 is 21.5 Å². The number of carbonyl (C=O) groups excluding carboxylic acids is 1. The Morgan fingerprint density at radius 3 is 2.19 bits per heavy atom. The molecule has 0 radical (unpaired) electrons. The number of nitrogens with one attached hydrogen (secondary N) is 1. The molecule has 0 saturated carbocycles. The van der Waals surface area contributed by atoms with Crippen LogP contribution in [0.1, 0.15) is 31.9 Å². The number of anilines is 1. The molecule has 118 valence electrons. The van der Waals surface area contributed by atoms with Crippen LogP contribution in [0.4, 0.5) is 5.69 Å². The van der Waals surface area contributed by atoms with E-state index >= 15 is 0 Å². The smallest absolute Gasteiger partial charge is 0.241 e. The number of sulfonamides is 1. The summed E-state index contributed by atoms with van der Waals surface area (Å²) in [4.78, 5) is 12.1. The molecule has 0 unspecified atom stereocenters. The Bertz CT molecular complexity index is 661. The van der Waals surface area contributed by atoms with Crippen LogP contribution in [0.2, 0.25) is 0 Å². The minimum absolute atomic E-state index is 0.0368. The molecular weight excluding hydrogens is 290 g/mol. The van der Waals surface area contributed by atoms with E-state index in [1.165, 1.54) is 12.1 Å². The van der Waals surface area contributed by atoms with Crippen LogP contribution < -0.4 is 16.2 Å². The van der Waals surface area contributed by atoms with Gasteiger partial charge < -0.3 is 11.1 Å². The molecule has 1 atom stereocenters. The van der Waals surface area contributed by atoms with Gasteiger partial charge in [-0.2, -0.15) is 0 Å². The Morgan fingerprint density at radius 2 is 1.76 bits per heavy atom. The average Bonchev–Trinajstić information content (AvgIpc) is 2.31. The molecule has 0 spiro atoms. The molecule has 6 nitrogen and oxygen atoms in total. The fraction of sp³-hybridized carbons (Fsp3) is 0.500. The van der Waals surface area contributed by atoms with Gasteiger partial charge in [-0.1, -0.05) is 20.8 Å². The first-order chi connectivity index (χ1) is 9.34. The van der Waals surface area contributed by atoms with E-state index in [0.29, 0.717) is 5.69 Å². The first kappa shape index (κ1) is 17.6. The van der Waals surface area contributed by atoms with Crippen LogP contribution >= 0.6 is 0 Å². The lowest BCUT2D eigenvalue weighted by Crippen LogP contribution is -2.45. The lowest BCUT2D eigenvalue weighted by molar-refractivity contribution is -0.119. The van der Waals surface area contributed by atoms with Crippen molar-refractivity contribution in [1.82, 2.24) is 0 Å². The van der Waals surface area contributed by atoms with Crippen LogP contribution in [0, 0.1) is 19.3 Å². The van der Waals surface area contributed by atoms with Crippen molar-refractivity contribution in [3.8, 4) is 0 Å². The molecule has 0 aliphatic carbocycles. The van der Waals surface area contributed by atoms with Crippen molar-refractivity contribution in [1.29, 1.82) is 0 Å². The summed E-state index contributed by atoms with van der Waals surface area (Å²) in [5.74, 6) is -0.364. The van der Waals surface area contributed by atoms with E-state index in [1.807, 2.05) is 20.8 Å². The van der Waals surface area contributed by atoms with Gasteiger partial charge in [-0.25, -0.2) is 13.6 Å². The van der Waals surface area contributed by atoms with E-state index in [-0.39, 0.29) is 10.8 Å². The van der Waals surface area contributed by atoms with Gasteiger partial charge in [-0.15, -0.1) is 0 Å². The third-order valence-electron chi connectivity index (χ3n) is 3.44. The molecule has 1 rings (SSSR count). The number of carbonyl (C=O) groups is 1. The van der Waals surface area contributed by atoms with Gasteiger partial charge in [-0.3, -0.25) is 4.79 Å². The first-order valence-electron chi connectivity index (χ1n) is 6.54. The molecule has 1 amide bonds. The molecule has 0 aliphatic heterocycles. The summed E-state index contributed by atoms with van der Waals surface area (Å²) < 4.78 is 22.9. The quantitative estimate of drug-likeness (QED) is 0.779. The van der Waals surface area contributed by atoms with Gasteiger partial charge in [0.15, 0.2) is 0 Å². The lowest BCUT2D eigenvalue weighted by atomic mass is 9.87. The highest BCUT2D eigenvalue weighted by atomic mass is 32.2. The second-order valence-corrected chi connectivity index (χ2v) is 7.85. The summed E-state index contributed by atoms with van der Waals surface area (Å²) in [5.41, 5.74) is 7.41. The van der Waals surface area contributed by atoms with Gasteiger partial charge in [0, 0.05) is 5.69 Å². The van der Waals surface area contributed by atoms with Crippen molar-refractivity contribution in [2.24, 2.45) is 16.3 Å². The van der Waals surface area contributed by atoms with Crippen molar-refractivity contribution in [3.05, 3.63) is 23.3 Å². The summed E-state index contributed by atoms with van der Waals surface area (Å²) in [6.45, 7) is 9.12. The molecule has 21 heavy (non-hydrogen) atoms. The SMILES string of the molecule is Cc1cc(S(N)(=O)=O)cc(NC(=O)[C@@H](N)C(C)(C)C)c1C. The zero-order valence-corrected chi connectivity index (χ0v) is 13.8. The molecular formula is C14H23N3O3S. The minimum atomic E-state index is -3.83. The van der Waals surface area contributed by atoms with Crippen LogP contribution in [-0.2, 0) is 14.8 Å². The fourth-order valence-electron chi connectivity index (χ4n) is 1.72. The number of amides is 1. The van der Waals surface area contributed by atoms with Crippen molar-refractivity contribution in [2.75, 3.05) is 5.32 Å². The number of rotatable bonds is 3. The zero-order valence-electron chi connectivity index (χ0n) is 13.0. The minimum Gasteiger partial charge on any atom is -0.324 e. The van der Waals surface area contributed by atoms with Crippen molar-refractivity contribution in [3.63, 3.8) is 0 Å². The Balaban J connectivity index is 3.20. The molecule has 1 aromatic carbocycles. The van der Waals surface area contributed by atoms with E-state index in [1.54, 1.807) is 13.8 Å². The van der Waals surface area contributed by atoms with Crippen LogP contribution in [0.25, 0.3) is 0 Å². The largest absolute Gasteiger partial charge is 0.324 e. The summed E-state index contributed by atoms with van der Waals surface area (Å²) in [6, 6.07) is 2.12. The summed E-state index contributed by atoms with van der Waals surface area (Å²) >= 11 is 0. The predicted octanol–water partition coefficient (Wildman–Crippen LogP) is 1.26. The van der Waals surface area contributed by atoms with Gasteiger partial charge in [0.2, 0.25) is 15.9 Å².